The van der Waals surface area contributed by atoms with Crippen LogP contribution in [0.5, 0.6) is 11.5 Å². The number of nitrogens with zero attached hydrogens (tertiary/aromatic N) is 1. The Hall–Kier alpha value is -0.970. The van der Waals surface area contributed by atoms with Gasteiger partial charge in [0, 0.05) is 19.1 Å². The maximum Gasteiger partial charge on any atom is 0.161 e. The van der Waals surface area contributed by atoms with Crippen LogP contribution < -0.4 is 15.2 Å². The fraction of sp³-hybridized carbons (Fsp3) is 0.625. The van der Waals surface area contributed by atoms with E-state index in [0.717, 1.165) is 31.1 Å². The van der Waals surface area contributed by atoms with E-state index in [1.54, 1.807) is 0 Å². The molecule has 118 valence electrons. The van der Waals surface area contributed by atoms with E-state index >= 15 is 0 Å². The molecule has 2 N–H and O–H groups in total. The zero-order valence-corrected chi connectivity index (χ0v) is 13.4. The van der Waals surface area contributed by atoms with Gasteiger partial charge in [-0.2, -0.15) is 0 Å². The summed E-state index contributed by atoms with van der Waals surface area (Å²) in [7, 11) is 0. The van der Waals surface area contributed by atoms with Gasteiger partial charge in [-0.1, -0.05) is 13.0 Å². The van der Waals surface area contributed by atoms with Crippen LogP contribution in [0.2, 0.25) is 0 Å². The lowest BCUT2D eigenvalue weighted by Crippen LogP contribution is -2.48. The van der Waals surface area contributed by atoms with Crippen molar-refractivity contribution in [3.8, 4) is 11.5 Å². The summed E-state index contributed by atoms with van der Waals surface area (Å²) in [6, 6.07) is 6.77. The first-order valence-corrected chi connectivity index (χ1v) is 7.60. The number of nitrogens with two attached hydrogens (primary N) is 1. The van der Waals surface area contributed by atoms with E-state index in [1.165, 1.54) is 18.4 Å². The molecule has 5 heteroatoms. The number of hydrogen-bond acceptors (Lipinski definition) is 4. The van der Waals surface area contributed by atoms with E-state index in [-0.39, 0.29) is 12.4 Å². The summed E-state index contributed by atoms with van der Waals surface area (Å²) < 4.78 is 11.2. The SMILES string of the molecule is CC1CCCN(Cc2ccc3c(c2)OCCO3)C1CN.Cl. The number of hydrogen-bond donors (Lipinski definition) is 1. The minimum absolute atomic E-state index is 0. The van der Waals surface area contributed by atoms with Crippen LogP contribution >= 0.6 is 12.4 Å². The molecule has 0 radical (unpaired) electrons. The maximum absolute atomic E-state index is 5.96. The van der Waals surface area contributed by atoms with Gasteiger partial charge in [-0.05, 0) is 43.0 Å². The number of fused-ring (bicyclic) bond motifs is 1. The lowest BCUT2D eigenvalue weighted by Gasteiger charge is -2.39. The highest BCUT2D eigenvalue weighted by Crippen LogP contribution is 2.32. The summed E-state index contributed by atoms with van der Waals surface area (Å²) in [5.74, 6) is 2.43. The zero-order valence-electron chi connectivity index (χ0n) is 12.6. The Balaban J connectivity index is 0.00000161. The molecule has 3 rings (SSSR count). The number of piperidine rings is 1. The van der Waals surface area contributed by atoms with Crippen LogP contribution in [0.1, 0.15) is 25.3 Å². The highest BCUT2D eigenvalue weighted by molar-refractivity contribution is 5.85. The van der Waals surface area contributed by atoms with Gasteiger partial charge in [0.1, 0.15) is 13.2 Å². The number of halogens is 1. The first-order chi connectivity index (χ1) is 9.78. The van der Waals surface area contributed by atoms with Gasteiger partial charge in [-0.3, -0.25) is 4.90 Å². The molecule has 1 aromatic rings. The van der Waals surface area contributed by atoms with Gasteiger partial charge < -0.3 is 15.2 Å². The molecule has 2 heterocycles. The van der Waals surface area contributed by atoms with Gasteiger partial charge in [0.15, 0.2) is 11.5 Å². The van der Waals surface area contributed by atoms with Crippen molar-refractivity contribution >= 4 is 12.4 Å². The van der Waals surface area contributed by atoms with Crippen LogP contribution in [0.15, 0.2) is 18.2 Å². The van der Waals surface area contributed by atoms with Crippen molar-refractivity contribution in [1.29, 1.82) is 0 Å². The molecule has 0 aliphatic carbocycles. The second-order valence-corrected chi connectivity index (χ2v) is 5.87. The summed E-state index contributed by atoms with van der Waals surface area (Å²) in [5.41, 5.74) is 7.24. The van der Waals surface area contributed by atoms with E-state index < -0.39 is 0 Å². The van der Waals surface area contributed by atoms with Gasteiger partial charge in [-0.25, -0.2) is 0 Å². The third kappa shape index (κ3) is 3.62. The smallest absolute Gasteiger partial charge is 0.161 e. The van der Waals surface area contributed by atoms with Crippen molar-refractivity contribution in [3.63, 3.8) is 0 Å². The molecule has 4 nitrogen and oxygen atoms in total. The molecule has 0 aromatic heterocycles. The fourth-order valence-corrected chi connectivity index (χ4v) is 3.33. The van der Waals surface area contributed by atoms with E-state index in [1.807, 2.05) is 6.07 Å². The molecule has 2 unspecified atom stereocenters. The molecule has 1 saturated heterocycles. The average molecular weight is 313 g/mol. The lowest BCUT2D eigenvalue weighted by atomic mass is 9.90. The molecular formula is C16H25ClN2O2. The zero-order chi connectivity index (χ0) is 13.9. The summed E-state index contributed by atoms with van der Waals surface area (Å²) >= 11 is 0. The van der Waals surface area contributed by atoms with Crippen LogP contribution in [0, 0.1) is 5.92 Å². The summed E-state index contributed by atoms with van der Waals surface area (Å²) in [6.07, 6.45) is 2.56. The number of rotatable bonds is 3. The summed E-state index contributed by atoms with van der Waals surface area (Å²) in [6.45, 7) is 6.43. The number of ether oxygens (including phenoxy) is 2. The summed E-state index contributed by atoms with van der Waals surface area (Å²) in [4.78, 5) is 2.51. The van der Waals surface area contributed by atoms with Gasteiger partial charge >= 0.3 is 0 Å². The quantitative estimate of drug-likeness (QED) is 0.931. The standard InChI is InChI=1S/C16H24N2O2.ClH/c1-12-3-2-6-18(14(12)10-17)11-13-4-5-15-16(9-13)20-8-7-19-15;/h4-5,9,12,14H,2-3,6-8,10-11,17H2,1H3;1H. The molecule has 1 aromatic carbocycles. The number of benzene rings is 1. The van der Waals surface area contributed by atoms with Crippen molar-refractivity contribution < 1.29 is 9.47 Å². The topological polar surface area (TPSA) is 47.7 Å². The molecule has 2 aliphatic rings. The van der Waals surface area contributed by atoms with E-state index in [4.69, 9.17) is 15.2 Å². The molecule has 1 fully saturated rings. The van der Waals surface area contributed by atoms with Gasteiger partial charge in [0.05, 0.1) is 0 Å². The highest BCUT2D eigenvalue weighted by Gasteiger charge is 2.27. The van der Waals surface area contributed by atoms with E-state index in [2.05, 4.69) is 24.0 Å². The minimum atomic E-state index is 0. The van der Waals surface area contributed by atoms with Crippen molar-refractivity contribution in [2.45, 2.75) is 32.4 Å². The predicted octanol–water partition coefficient (Wildman–Crippen LogP) is 2.44. The fourth-order valence-electron chi connectivity index (χ4n) is 3.33. The maximum atomic E-state index is 5.96. The molecule has 0 saturated carbocycles. The van der Waals surface area contributed by atoms with Crippen molar-refractivity contribution in [2.75, 3.05) is 26.3 Å². The predicted molar refractivity (Wildman–Crippen MR) is 86.3 cm³/mol. The Bertz CT molecular complexity index is 470. The number of likely N-dealkylation sites (tertiary alicyclic amines) is 1. The molecular weight excluding hydrogens is 288 g/mol. The van der Waals surface area contributed by atoms with E-state index in [9.17, 15) is 0 Å². The Morgan fingerprint density at radius 3 is 2.76 bits per heavy atom. The summed E-state index contributed by atoms with van der Waals surface area (Å²) in [5, 5.41) is 0. The third-order valence-corrected chi connectivity index (χ3v) is 4.46. The molecule has 21 heavy (non-hydrogen) atoms. The van der Waals surface area contributed by atoms with E-state index in [0.29, 0.717) is 25.2 Å². The second kappa shape index (κ2) is 7.34. The second-order valence-electron chi connectivity index (χ2n) is 5.87. The van der Waals surface area contributed by atoms with Crippen molar-refractivity contribution in [3.05, 3.63) is 23.8 Å². The van der Waals surface area contributed by atoms with Gasteiger partial charge in [0.2, 0.25) is 0 Å². The Morgan fingerprint density at radius 2 is 2.00 bits per heavy atom. The molecule has 2 aliphatic heterocycles. The van der Waals surface area contributed by atoms with Crippen LogP contribution in [-0.4, -0.2) is 37.2 Å². The lowest BCUT2D eigenvalue weighted by molar-refractivity contribution is 0.0987. The Labute approximate surface area is 133 Å². The van der Waals surface area contributed by atoms with Crippen LogP contribution in [0.4, 0.5) is 0 Å². The largest absolute Gasteiger partial charge is 0.486 e. The van der Waals surface area contributed by atoms with Gasteiger partial charge in [0.25, 0.3) is 0 Å². The van der Waals surface area contributed by atoms with Crippen molar-refractivity contribution in [1.82, 2.24) is 4.90 Å². The van der Waals surface area contributed by atoms with Crippen molar-refractivity contribution in [2.24, 2.45) is 11.7 Å². The Morgan fingerprint density at radius 1 is 1.24 bits per heavy atom. The molecule has 0 amide bonds. The molecule has 0 bridgehead atoms. The minimum Gasteiger partial charge on any atom is -0.486 e. The molecule has 2 atom stereocenters. The van der Waals surface area contributed by atoms with Crippen LogP contribution in [0.25, 0.3) is 0 Å². The average Bonchev–Trinajstić information content (AvgIpc) is 2.47. The first kappa shape index (κ1) is 16.4. The third-order valence-electron chi connectivity index (χ3n) is 4.46. The van der Waals surface area contributed by atoms with Crippen LogP contribution in [-0.2, 0) is 6.54 Å². The monoisotopic (exact) mass is 312 g/mol. The van der Waals surface area contributed by atoms with Gasteiger partial charge in [-0.15, -0.1) is 12.4 Å². The highest BCUT2D eigenvalue weighted by atomic mass is 35.5. The normalized spacial score (nSPS) is 25.2. The first-order valence-electron chi connectivity index (χ1n) is 7.60. The molecule has 0 spiro atoms. The van der Waals surface area contributed by atoms with Crippen LogP contribution in [0.3, 0.4) is 0 Å². The Kier molecular flexibility index (Phi) is 5.73.